The minimum Gasteiger partial charge on any atom is -0.323 e. The molecule has 0 unspecified atom stereocenters. The van der Waals surface area contributed by atoms with Crippen LogP contribution in [0.15, 0.2) is 5.38 Å². The van der Waals surface area contributed by atoms with E-state index in [2.05, 4.69) is 22.5 Å². The monoisotopic (exact) mass is 350 g/mol. The Bertz CT molecular complexity index is 664. The number of carbonyl (C=O) groups excluding carboxylic acids is 3. The van der Waals surface area contributed by atoms with Crippen LogP contribution in [0.4, 0.5) is 9.93 Å². The van der Waals surface area contributed by atoms with Crippen LogP contribution in [0.3, 0.4) is 0 Å². The standard InChI is InChI=1S/C16H22N4O3S/c1-3-11-4-6-16(7-5-11)13(22)20(15(23)19-16)8-12(21)18-14-17-10(2)9-24-14/h9,11H,3-8H2,1-2H3,(H,19,23)(H,17,18,21). The molecule has 2 N–H and O–H groups in total. The second-order valence-corrected chi connectivity index (χ2v) is 7.46. The predicted octanol–water partition coefficient (Wildman–Crippen LogP) is 2.28. The Morgan fingerprint density at radius 2 is 2.17 bits per heavy atom. The van der Waals surface area contributed by atoms with Crippen molar-refractivity contribution in [3.05, 3.63) is 11.1 Å². The molecule has 8 heteroatoms. The fourth-order valence-corrected chi connectivity index (χ4v) is 4.16. The van der Waals surface area contributed by atoms with Gasteiger partial charge in [0.15, 0.2) is 5.13 Å². The maximum Gasteiger partial charge on any atom is 0.325 e. The zero-order chi connectivity index (χ0) is 17.3. The van der Waals surface area contributed by atoms with E-state index in [9.17, 15) is 14.4 Å². The molecular formula is C16H22N4O3S. The van der Waals surface area contributed by atoms with Crippen molar-refractivity contribution in [1.29, 1.82) is 0 Å². The van der Waals surface area contributed by atoms with E-state index >= 15 is 0 Å². The number of aromatic nitrogens is 1. The molecule has 0 radical (unpaired) electrons. The molecule has 7 nitrogen and oxygen atoms in total. The first-order valence-corrected chi connectivity index (χ1v) is 9.17. The number of nitrogens with one attached hydrogen (secondary N) is 2. The van der Waals surface area contributed by atoms with Gasteiger partial charge in [-0.1, -0.05) is 13.3 Å². The normalized spacial score (nSPS) is 26.8. The van der Waals surface area contributed by atoms with Crippen LogP contribution >= 0.6 is 11.3 Å². The van der Waals surface area contributed by atoms with Crippen molar-refractivity contribution in [1.82, 2.24) is 15.2 Å². The lowest BCUT2D eigenvalue weighted by atomic mass is 9.75. The lowest BCUT2D eigenvalue weighted by Crippen LogP contribution is -2.49. The molecule has 1 aliphatic heterocycles. The average Bonchev–Trinajstić information content (AvgIpc) is 3.05. The molecule has 1 aliphatic carbocycles. The van der Waals surface area contributed by atoms with Crippen molar-refractivity contribution >= 4 is 34.3 Å². The quantitative estimate of drug-likeness (QED) is 0.815. The van der Waals surface area contributed by atoms with Crippen LogP contribution in [-0.2, 0) is 9.59 Å². The van der Waals surface area contributed by atoms with Crippen molar-refractivity contribution in [3.63, 3.8) is 0 Å². The lowest BCUT2D eigenvalue weighted by Gasteiger charge is -2.34. The Labute approximate surface area is 144 Å². The summed E-state index contributed by atoms with van der Waals surface area (Å²) in [5.74, 6) is -0.0644. The van der Waals surface area contributed by atoms with Crippen LogP contribution in [0.5, 0.6) is 0 Å². The fourth-order valence-electron chi connectivity index (χ4n) is 3.45. The Morgan fingerprint density at radius 1 is 1.46 bits per heavy atom. The molecule has 4 amide bonds. The summed E-state index contributed by atoms with van der Waals surface area (Å²) >= 11 is 1.31. The number of anilines is 1. The minimum atomic E-state index is -0.805. The van der Waals surface area contributed by atoms with Crippen LogP contribution in [-0.4, -0.2) is 39.8 Å². The molecule has 1 saturated carbocycles. The number of urea groups is 1. The van der Waals surface area contributed by atoms with Gasteiger partial charge in [-0.05, 0) is 38.5 Å². The molecule has 24 heavy (non-hydrogen) atoms. The summed E-state index contributed by atoms with van der Waals surface area (Å²) in [4.78, 5) is 42.2. The fraction of sp³-hybridized carbons (Fsp3) is 0.625. The van der Waals surface area contributed by atoms with E-state index in [0.29, 0.717) is 23.9 Å². The summed E-state index contributed by atoms with van der Waals surface area (Å²) in [6.45, 7) is 3.71. The van der Waals surface area contributed by atoms with Crippen LogP contribution in [0.1, 0.15) is 44.7 Å². The smallest absolute Gasteiger partial charge is 0.323 e. The Morgan fingerprint density at radius 3 is 2.75 bits per heavy atom. The maximum absolute atomic E-state index is 12.7. The lowest BCUT2D eigenvalue weighted by molar-refractivity contribution is -0.135. The molecule has 2 fully saturated rings. The van der Waals surface area contributed by atoms with E-state index in [1.54, 1.807) is 0 Å². The van der Waals surface area contributed by atoms with Gasteiger partial charge in [-0.2, -0.15) is 0 Å². The van der Waals surface area contributed by atoms with Gasteiger partial charge in [-0.3, -0.25) is 14.5 Å². The topological polar surface area (TPSA) is 91.4 Å². The molecule has 0 bridgehead atoms. The van der Waals surface area contributed by atoms with Gasteiger partial charge in [0.1, 0.15) is 12.1 Å². The molecule has 0 atom stereocenters. The van der Waals surface area contributed by atoms with Crippen molar-refractivity contribution in [3.8, 4) is 0 Å². The van der Waals surface area contributed by atoms with Crippen LogP contribution in [0.25, 0.3) is 0 Å². The van der Waals surface area contributed by atoms with Crippen LogP contribution < -0.4 is 10.6 Å². The SMILES string of the molecule is CCC1CCC2(CC1)NC(=O)N(CC(=O)Nc1nc(C)cs1)C2=O. The van der Waals surface area contributed by atoms with Crippen LogP contribution in [0, 0.1) is 12.8 Å². The molecule has 0 aromatic carbocycles. The van der Waals surface area contributed by atoms with E-state index in [1.165, 1.54) is 11.3 Å². The van der Waals surface area contributed by atoms with Crippen molar-refractivity contribution < 1.29 is 14.4 Å². The average molecular weight is 350 g/mol. The number of imide groups is 1. The van der Waals surface area contributed by atoms with Crippen molar-refractivity contribution in [2.45, 2.75) is 51.5 Å². The van der Waals surface area contributed by atoms with E-state index < -0.39 is 17.5 Å². The summed E-state index contributed by atoms with van der Waals surface area (Å²) in [5.41, 5.74) is 0.0118. The second kappa shape index (κ2) is 6.51. The Kier molecular flexibility index (Phi) is 4.58. The third-order valence-corrected chi connectivity index (χ3v) is 5.82. The number of thiazole rings is 1. The summed E-state index contributed by atoms with van der Waals surface area (Å²) in [6, 6.07) is -0.472. The predicted molar refractivity (Wildman–Crippen MR) is 90.7 cm³/mol. The number of hydrogen-bond acceptors (Lipinski definition) is 5. The molecule has 2 heterocycles. The third kappa shape index (κ3) is 3.15. The van der Waals surface area contributed by atoms with Gasteiger partial charge in [0.2, 0.25) is 5.91 Å². The number of amides is 4. The van der Waals surface area contributed by atoms with Gasteiger partial charge in [-0.25, -0.2) is 9.78 Å². The van der Waals surface area contributed by atoms with Gasteiger partial charge in [0.25, 0.3) is 5.91 Å². The van der Waals surface area contributed by atoms with E-state index in [-0.39, 0.29) is 12.5 Å². The number of nitrogens with zero attached hydrogens (tertiary/aromatic N) is 2. The first-order valence-electron chi connectivity index (χ1n) is 8.29. The van der Waals surface area contributed by atoms with Gasteiger partial charge < -0.3 is 10.6 Å². The maximum atomic E-state index is 12.7. The number of hydrogen-bond donors (Lipinski definition) is 2. The van der Waals surface area contributed by atoms with Gasteiger partial charge in [0, 0.05) is 5.38 Å². The molecule has 1 aromatic rings. The largest absolute Gasteiger partial charge is 0.325 e. The molecule has 3 rings (SSSR count). The third-order valence-electron chi connectivity index (χ3n) is 4.95. The summed E-state index contributed by atoms with van der Waals surface area (Å²) in [6.07, 6.45) is 4.26. The van der Waals surface area contributed by atoms with Gasteiger partial charge >= 0.3 is 6.03 Å². The van der Waals surface area contributed by atoms with Gasteiger partial charge in [0.05, 0.1) is 5.69 Å². The second-order valence-electron chi connectivity index (χ2n) is 6.60. The number of rotatable bonds is 4. The van der Waals surface area contributed by atoms with E-state index in [4.69, 9.17) is 0 Å². The molecule has 1 saturated heterocycles. The van der Waals surface area contributed by atoms with Crippen LogP contribution in [0.2, 0.25) is 0 Å². The van der Waals surface area contributed by atoms with E-state index in [0.717, 1.165) is 29.9 Å². The number of aryl methyl sites for hydroxylation is 1. The summed E-state index contributed by atoms with van der Waals surface area (Å²) in [7, 11) is 0. The Hall–Kier alpha value is -1.96. The zero-order valence-electron chi connectivity index (χ0n) is 13.9. The molecule has 1 aromatic heterocycles. The van der Waals surface area contributed by atoms with Crippen molar-refractivity contribution in [2.24, 2.45) is 5.92 Å². The van der Waals surface area contributed by atoms with Gasteiger partial charge in [-0.15, -0.1) is 11.3 Å². The van der Waals surface area contributed by atoms with E-state index in [1.807, 2.05) is 12.3 Å². The van der Waals surface area contributed by atoms with Crippen molar-refractivity contribution in [2.75, 3.05) is 11.9 Å². The number of carbonyl (C=O) groups is 3. The first-order chi connectivity index (χ1) is 11.4. The summed E-state index contributed by atoms with van der Waals surface area (Å²) < 4.78 is 0. The molecule has 130 valence electrons. The highest BCUT2D eigenvalue weighted by molar-refractivity contribution is 7.13. The molecule has 2 aliphatic rings. The summed E-state index contributed by atoms with van der Waals surface area (Å²) in [5, 5.41) is 7.76. The highest BCUT2D eigenvalue weighted by Crippen LogP contribution is 2.37. The highest BCUT2D eigenvalue weighted by atomic mass is 32.1. The highest BCUT2D eigenvalue weighted by Gasteiger charge is 2.52. The molecular weight excluding hydrogens is 328 g/mol. The Balaban J connectivity index is 1.63. The first kappa shape index (κ1) is 16.9. The zero-order valence-corrected chi connectivity index (χ0v) is 14.7. The molecule has 1 spiro atoms. The minimum absolute atomic E-state index is 0.271.